The van der Waals surface area contributed by atoms with Crippen LogP contribution in [0.1, 0.15) is 36.2 Å². The minimum Gasteiger partial charge on any atom is -0.490 e. The van der Waals surface area contributed by atoms with Gasteiger partial charge in [-0.2, -0.15) is 4.31 Å². The number of likely N-dealkylation sites (N-methyl/N-ethyl adjacent to an activating group) is 1. The highest BCUT2D eigenvalue weighted by Gasteiger charge is 2.22. The molecule has 0 saturated carbocycles. The Labute approximate surface area is 188 Å². The minimum atomic E-state index is -3.96. The molecule has 0 radical (unpaired) electrons. The summed E-state index contributed by atoms with van der Waals surface area (Å²) in [6.45, 7) is 4.19. The number of hydrogen-bond donors (Lipinski definition) is 1. The largest absolute Gasteiger partial charge is 0.490 e. The van der Waals surface area contributed by atoms with Crippen molar-refractivity contribution in [1.29, 1.82) is 0 Å². The molecule has 0 atom stereocenters. The fraction of sp³-hybridized carbons (Fsp3) is 0.304. The first-order chi connectivity index (χ1) is 15.2. The number of rotatable bonds is 12. The first kappa shape index (κ1) is 25.1. The summed E-state index contributed by atoms with van der Waals surface area (Å²) in [7, 11) is -2.78. The number of ketones is 1. The number of ether oxygens (including phenoxy) is 2. The zero-order chi connectivity index (χ0) is 23.7. The van der Waals surface area contributed by atoms with Crippen molar-refractivity contribution in [2.24, 2.45) is 0 Å². The zero-order valence-electron chi connectivity index (χ0n) is 18.3. The molecule has 0 aliphatic carbocycles. The SMILES string of the molecule is CCCOc1c(/C=C/C(=O)c2ccc(S(=O)(=O)N(C)CC(=O)O)cc2)cccc1OCC. The second kappa shape index (κ2) is 11.4. The van der Waals surface area contributed by atoms with Crippen molar-refractivity contribution in [3.05, 3.63) is 59.7 Å². The van der Waals surface area contributed by atoms with Gasteiger partial charge in [-0.25, -0.2) is 8.42 Å². The zero-order valence-corrected chi connectivity index (χ0v) is 19.1. The molecule has 0 amide bonds. The Morgan fingerprint density at radius 3 is 2.34 bits per heavy atom. The van der Waals surface area contributed by atoms with E-state index in [1.54, 1.807) is 18.2 Å². The molecule has 1 N–H and O–H groups in total. The molecule has 2 aromatic rings. The number of sulfonamides is 1. The molecular weight excluding hydrogens is 434 g/mol. The number of carbonyl (C=O) groups is 2. The third-order valence-corrected chi connectivity index (χ3v) is 6.20. The van der Waals surface area contributed by atoms with Crippen molar-refractivity contribution in [3.8, 4) is 11.5 Å². The number of benzene rings is 2. The molecule has 0 spiro atoms. The fourth-order valence-electron chi connectivity index (χ4n) is 2.80. The predicted octanol–water partition coefficient (Wildman–Crippen LogP) is 3.48. The van der Waals surface area contributed by atoms with Gasteiger partial charge in [0.15, 0.2) is 17.3 Å². The Morgan fingerprint density at radius 1 is 1.06 bits per heavy atom. The average molecular weight is 462 g/mol. The van der Waals surface area contributed by atoms with Crippen molar-refractivity contribution in [2.75, 3.05) is 26.8 Å². The van der Waals surface area contributed by atoms with Crippen LogP contribution in [0, 0.1) is 0 Å². The monoisotopic (exact) mass is 461 g/mol. The number of carboxylic acid groups (broad SMARTS) is 1. The van der Waals surface area contributed by atoms with Crippen LogP contribution < -0.4 is 9.47 Å². The lowest BCUT2D eigenvalue weighted by atomic mass is 10.1. The Bertz CT molecular complexity index is 1080. The topological polar surface area (TPSA) is 110 Å². The van der Waals surface area contributed by atoms with Gasteiger partial charge in [0, 0.05) is 18.2 Å². The summed E-state index contributed by atoms with van der Waals surface area (Å²) >= 11 is 0. The van der Waals surface area contributed by atoms with E-state index in [-0.39, 0.29) is 16.2 Å². The lowest BCUT2D eigenvalue weighted by Gasteiger charge is -2.15. The van der Waals surface area contributed by atoms with Gasteiger partial charge in [0.2, 0.25) is 10.0 Å². The van der Waals surface area contributed by atoms with Gasteiger partial charge in [-0.3, -0.25) is 9.59 Å². The van der Waals surface area contributed by atoms with E-state index < -0.39 is 22.5 Å². The predicted molar refractivity (Wildman–Crippen MR) is 121 cm³/mol. The second-order valence-electron chi connectivity index (χ2n) is 6.83. The highest BCUT2D eigenvalue weighted by molar-refractivity contribution is 7.89. The van der Waals surface area contributed by atoms with E-state index in [1.165, 1.54) is 37.4 Å². The van der Waals surface area contributed by atoms with Gasteiger partial charge in [-0.05, 0) is 55.8 Å². The van der Waals surface area contributed by atoms with Crippen molar-refractivity contribution in [2.45, 2.75) is 25.2 Å². The fourth-order valence-corrected chi connectivity index (χ4v) is 3.92. The van der Waals surface area contributed by atoms with Gasteiger partial charge in [-0.1, -0.05) is 19.1 Å². The van der Waals surface area contributed by atoms with Crippen molar-refractivity contribution < 1.29 is 32.6 Å². The molecule has 0 aromatic heterocycles. The minimum absolute atomic E-state index is 0.0959. The molecular formula is C23H27NO7S. The highest BCUT2D eigenvalue weighted by Crippen LogP contribution is 2.32. The summed E-state index contributed by atoms with van der Waals surface area (Å²) in [5, 5.41) is 8.80. The molecule has 0 saturated heterocycles. The maximum absolute atomic E-state index is 12.6. The molecule has 8 nitrogen and oxygen atoms in total. The highest BCUT2D eigenvalue weighted by atomic mass is 32.2. The molecule has 2 aromatic carbocycles. The summed E-state index contributed by atoms with van der Waals surface area (Å²) in [5.74, 6) is -0.432. The smallest absolute Gasteiger partial charge is 0.318 e. The van der Waals surface area contributed by atoms with Crippen LogP contribution in [0.3, 0.4) is 0 Å². The number of para-hydroxylation sites is 1. The Hall–Kier alpha value is -3.17. The Morgan fingerprint density at radius 2 is 1.75 bits per heavy atom. The van der Waals surface area contributed by atoms with Crippen LogP contribution in [-0.2, 0) is 14.8 Å². The Kier molecular flexibility index (Phi) is 8.98. The molecule has 0 heterocycles. The van der Waals surface area contributed by atoms with Crippen LogP contribution in [0.25, 0.3) is 6.08 Å². The van der Waals surface area contributed by atoms with Crippen LogP contribution in [0.4, 0.5) is 0 Å². The van der Waals surface area contributed by atoms with Gasteiger partial charge in [0.25, 0.3) is 0 Å². The molecule has 0 fully saturated rings. The number of carbonyl (C=O) groups excluding carboxylic acids is 1. The van der Waals surface area contributed by atoms with E-state index in [1.807, 2.05) is 19.9 Å². The first-order valence-corrected chi connectivity index (χ1v) is 11.5. The lowest BCUT2D eigenvalue weighted by molar-refractivity contribution is -0.137. The van der Waals surface area contributed by atoms with Crippen molar-refractivity contribution in [3.63, 3.8) is 0 Å². The summed E-state index contributed by atoms with van der Waals surface area (Å²) in [5.41, 5.74) is 0.977. The number of carboxylic acids is 1. The summed E-state index contributed by atoms with van der Waals surface area (Å²) < 4.78 is 37.0. The first-order valence-electron chi connectivity index (χ1n) is 10.1. The molecule has 0 aliphatic heterocycles. The average Bonchev–Trinajstić information content (AvgIpc) is 2.76. The molecule has 172 valence electrons. The van der Waals surface area contributed by atoms with Crippen LogP contribution in [0.15, 0.2) is 53.4 Å². The van der Waals surface area contributed by atoms with E-state index in [9.17, 15) is 18.0 Å². The molecule has 32 heavy (non-hydrogen) atoms. The summed E-state index contributed by atoms with van der Waals surface area (Å²) in [4.78, 5) is 23.3. The Balaban J connectivity index is 2.23. The van der Waals surface area contributed by atoms with Crippen LogP contribution >= 0.6 is 0 Å². The third-order valence-electron chi connectivity index (χ3n) is 4.38. The normalized spacial score (nSPS) is 11.6. The number of nitrogens with zero attached hydrogens (tertiary/aromatic N) is 1. The van der Waals surface area contributed by atoms with E-state index in [0.717, 1.165) is 10.7 Å². The van der Waals surface area contributed by atoms with Crippen molar-refractivity contribution >= 4 is 27.9 Å². The molecule has 9 heteroatoms. The van der Waals surface area contributed by atoms with E-state index in [4.69, 9.17) is 14.6 Å². The van der Waals surface area contributed by atoms with Gasteiger partial charge in [0.1, 0.15) is 6.54 Å². The molecule has 0 bridgehead atoms. The van der Waals surface area contributed by atoms with E-state index >= 15 is 0 Å². The lowest BCUT2D eigenvalue weighted by Crippen LogP contribution is -2.32. The standard InChI is InChI=1S/C23H27NO7S/c1-4-15-31-23-18(7-6-8-21(23)30-5-2)11-14-20(25)17-9-12-19(13-10-17)32(28,29)24(3)16-22(26)27/h6-14H,4-5,15-16H2,1-3H3,(H,26,27)/b14-11+. The summed E-state index contributed by atoms with van der Waals surface area (Å²) in [6.07, 6.45) is 3.82. The van der Waals surface area contributed by atoms with Gasteiger partial charge in [0.05, 0.1) is 18.1 Å². The van der Waals surface area contributed by atoms with Crippen LogP contribution in [0.5, 0.6) is 11.5 Å². The second-order valence-corrected chi connectivity index (χ2v) is 8.88. The van der Waals surface area contributed by atoms with Gasteiger partial charge in [-0.15, -0.1) is 0 Å². The molecule has 0 unspecified atom stereocenters. The van der Waals surface area contributed by atoms with E-state index in [0.29, 0.717) is 30.3 Å². The number of allylic oxidation sites excluding steroid dienone is 1. The molecule has 0 aliphatic rings. The third kappa shape index (κ3) is 6.41. The van der Waals surface area contributed by atoms with E-state index in [2.05, 4.69) is 0 Å². The van der Waals surface area contributed by atoms with Gasteiger partial charge >= 0.3 is 5.97 Å². The number of hydrogen-bond acceptors (Lipinski definition) is 6. The molecule has 2 rings (SSSR count). The maximum Gasteiger partial charge on any atom is 0.318 e. The summed E-state index contributed by atoms with van der Waals surface area (Å²) in [6, 6.07) is 10.7. The van der Waals surface area contributed by atoms with Crippen molar-refractivity contribution in [1.82, 2.24) is 4.31 Å². The van der Waals surface area contributed by atoms with Gasteiger partial charge < -0.3 is 14.6 Å². The quantitative estimate of drug-likeness (QED) is 0.381. The van der Waals surface area contributed by atoms with Crippen LogP contribution in [0.2, 0.25) is 0 Å². The maximum atomic E-state index is 12.6. The van der Waals surface area contributed by atoms with Crippen LogP contribution in [-0.4, -0.2) is 56.4 Å². The number of aliphatic carboxylic acids is 1.